The van der Waals surface area contributed by atoms with Crippen LogP contribution in [-0.2, 0) is 6.42 Å². The molecule has 1 unspecified atom stereocenters. The number of benzene rings is 1. The van der Waals surface area contributed by atoms with Gasteiger partial charge in [0, 0.05) is 30.1 Å². The Kier molecular flexibility index (Phi) is 4.51. The second-order valence-corrected chi connectivity index (χ2v) is 6.87. The van der Waals surface area contributed by atoms with Gasteiger partial charge in [0.05, 0.1) is 6.61 Å². The number of hydrogen-bond acceptors (Lipinski definition) is 5. The van der Waals surface area contributed by atoms with E-state index in [1.165, 1.54) is 0 Å². The van der Waals surface area contributed by atoms with Crippen molar-refractivity contribution in [3.63, 3.8) is 0 Å². The number of ether oxygens (including phenoxy) is 1. The Balaban J connectivity index is 1.60. The Bertz CT molecular complexity index is 897. The molecule has 1 fully saturated rings. The van der Waals surface area contributed by atoms with E-state index in [0.29, 0.717) is 23.6 Å². The first-order valence-corrected chi connectivity index (χ1v) is 9.05. The second-order valence-electron chi connectivity index (χ2n) is 6.87. The fourth-order valence-electron chi connectivity index (χ4n) is 3.73. The van der Waals surface area contributed by atoms with E-state index in [2.05, 4.69) is 10.6 Å². The Morgan fingerprint density at radius 1 is 1.35 bits per heavy atom. The van der Waals surface area contributed by atoms with Crippen LogP contribution in [0.15, 0.2) is 33.5 Å². The summed E-state index contributed by atoms with van der Waals surface area (Å²) in [4.78, 5) is 25.2. The number of aryl methyl sites for hydroxylation is 1. The molecule has 26 heavy (non-hydrogen) atoms. The molecule has 2 N–H and O–H groups in total. The number of piperidine rings is 1. The normalized spacial score (nSPS) is 18.9. The number of amides is 1. The number of rotatable bonds is 3. The average Bonchev–Trinajstić information content (AvgIpc) is 3.11. The highest BCUT2D eigenvalue weighted by Gasteiger charge is 2.24. The summed E-state index contributed by atoms with van der Waals surface area (Å²) in [5.41, 5.74) is 1.78. The third-order valence-corrected chi connectivity index (χ3v) is 5.08. The summed E-state index contributed by atoms with van der Waals surface area (Å²) in [6.07, 6.45) is 2.78. The molecular formula is C20H22N2O4. The molecule has 6 nitrogen and oxygen atoms in total. The van der Waals surface area contributed by atoms with Gasteiger partial charge in [-0.15, -0.1) is 0 Å². The van der Waals surface area contributed by atoms with E-state index >= 15 is 0 Å². The van der Waals surface area contributed by atoms with Crippen molar-refractivity contribution in [3.05, 3.63) is 57.1 Å². The quantitative estimate of drug-likeness (QED) is 0.886. The SMILES string of the molecule is Cc1cc(C2CCCNC2)oc(=O)c1C(=O)Nc1cccc2c1CCO2. The first kappa shape index (κ1) is 16.8. The molecule has 6 heteroatoms. The standard InChI is InChI=1S/C20H22N2O4/c1-12-10-17(13-4-3-8-21-11-13)26-20(24)18(12)19(23)22-15-5-2-6-16-14(15)7-9-25-16/h2,5-6,10,13,21H,3-4,7-9,11H2,1H3,(H,22,23). The van der Waals surface area contributed by atoms with Gasteiger partial charge in [0.25, 0.3) is 5.91 Å². The number of carbonyl (C=O) groups is 1. The first-order valence-electron chi connectivity index (χ1n) is 9.05. The third-order valence-electron chi connectivity index (χ3n) is 5.08. The van der Waals surface area contributed by atoms with Crippen LogP contribution >= 0.6 is 0 Å². The van der Waals surface area contributed by atoms with Gasteiger partial charge in [-0.25, -0.2) is 4.79 Å². The highest BCUT2D eigenvalue weighted by molar-refractivity contribution is 6.05. The first-order chi connectivity index (χ1) is 12.6. The van der Waals surface area contributed by atoms with Crippen molar-refractivity contribution in [1.82, 2.24) is 5.32 Å². The Morgan fingerprint density at radius 3 is 3.00 bits per heavy atom. The minimum Gasteiger partial charge on any atom is -0.493 e. The maximum absolute atomic E-state index is 12.7. The zero-order valence-corrected chi connectivity index (χ0v) is 14.8. The third kappa shape index (κ3) is 3.12. The number of fused-ring (bicyclic) bond motifs is 1. The molecular weight excluding hydrogens is 332 g/mol. The van der Waals surface area contributed by atoms with Crippen LogP contribution < -0.4 is 21.0 Å². The molecule has 136 valence electrons. The molecule has 0 spiro atoms. The summed E-state index contributed by atoms with van der Waals surface area (Å²) >= 11 is 0. The fourth-order valence-corrected chi connectivity index (χ4v) is 3.73. The number of anilines is 1. The predicted molar refractivity (Wildman–Crippen MR) is 98.2 cm³/mol. The number of nitrogens with one attached hydrogen (secondary N) is 2. The lowest BCUT2D eigenvalue weighted by molar-refractivity contribution is 0.102. The van der Waals surface area contributed by atoms with Gasteiger partial charge in [-0.2, -0.15) is 0 Å². The van der Waals surface area contributed by atoms with E-state index in [0.717, 1.165) is 43.7 Å². The van der Waals surface area contributed by atoms with Crippen LogP contribution in [0.2, 0.25) is 0 Å². The smallest absolute Gasteiger partial charge is 0.349 e. The minimum atomic E-state index is -0.577. The Morgan fingerprint density at radius 2 is 2.23 bits per heavy atom. The van der Waals surface area contributed by atoms with Crippen molar-refractivity contribution >= 4 is 11.6 Å². The Hall–Kier alpha value is -2.60. The summed E-state index contributed by atoms with van der Waals surface area (Å²) < 4.78 is 11.0. The largest absolute Gasteiger partial charge is 0.493 e. The van der Waals surface area contributed by atoms with Gasteiger partial charge in [-0.3, -0.25) is 4.79 Å². The zero-order valence-electron chi connectivity index (χ0n) is 14.8. The lowest BCUT2D eigenvalue weighted by atomic mass is 9.95. The maximum atomic E-state index is 12.7. The molecule has 2 aliphatic rings. The van der Waals surface area contributed by atoms with Crippen LogP contribution in [0, 0.1) is 6.92 Å². The molecule has 0 aliphatic carbocycles. The highest BCUT2D eigenvalue weighted by Crippen LogP contribution is 2.32. The van der Waals surface area contributed by atoms with Crippen LogP contribution in [0.3, 0.4) is 0 Å². The topological polar surface area (TPSA) is 80.6 Å². The van der Waals surface area contributed by atoms with Crippen LogP contribution in [0.5, 0.6) is 5.75 Å². The van der Waals surface area contributed by atoms with Crippen LogP contribution in [0.25, 0.3) is 0 Å². The molecule has 3 heterocycles. The average molecular weight is 354 g/mol. The van der Waals surface area contributed by atoms with E-state index in [9.17, 15) is 9.59 Å². The van der Waals surface area contributed by atoms with Crippen molar-refractivity contribution in [2.45, 2.75) is 32.1 Å². The van der Waals surface area contributed by atoms with Crippen LogP contribution in [0.4, 0.5) is 5.69 Å². The molecule has 0 saturated carbocycles. The van der Waals surface area contributed by atoms with E-state index < -0.39 is 11.5 Å². The summed E-state index contributed by atoms with van der Waals surface area (Å²) in [6, 6.07) is 7.36. The highest BCUT2D eigenvalue weighted by atomic mass is 16.5. The summed E-state index contributed by atoms with van der Waals surface area (Å²) in [5.74, 6) is 1.18. The lowest BCUT2D eigenvalue weighted by Crippen LogP contribution is -2.30. The van der Waals surface area contributed by atoms with Gasteiger partial charge in [-0.1, -0.05) is 6.07 Å². The molecule has 4 rings (SSSR count). The fraction of sp³-hybridized carbons (Fsp3) is 0.400. The molecule has 0 radical (unpaired) electrons. The van der Waals surface area contributed by atoms with Crippen molar-refractivity contribution in [3.8, 4) is 5.75 Å². The monoisotopic (exact) mass is 354 g/mol. The van der Waals surface area contributed by atoms with Crippen LogP contribution in [-0.4, -0.2) is 25.6 Å². The van der Waals surface area contributed by atoms with Crippen molar-refractivity contribution in [2.75, 3.05) is 25.0 Å². The van der Waals surface area contributed by atoms with Gasteiger partial charge in [0.2, 0.25) is 0 Å². The number of carbonyl (C=O) groups excluding carboxylic acids is 1. The molecule has 2 aromatic rings. The van der Waals surface area contributed by atoms with Gasteiger partial charge in [0.15, 0.2) is 0 Å². The summed E-state index contributed by atoms with van der Waals surface area (Å²) in [6.45, 7) is 4.17. The van der Waals surface area contributed by atoms with Gasteiger partial charge < -0.3 is 19.8 Å². The molecule has 1 aromatic heterocycles. The summed E-state index contributed by atoms with van der Waals surface area (Å²) in [5, 5.41) is 6.16. The van der Waals surface area contributed by atoms with E-state index in [1.54, 1.807) is 6.92 Å². The predicted octanol–water partition coefficient (Wildman–Crippen LogP) is 2.60. The Labute approximate surface area is 151 Å². The molecule has 1 aromatic carbocycles. The minimum absolute atomic E-state index is 0.0639. The van der Waals surface area contributed by atoms with E-state index in [-0.39, 0.29) is 11.5 Å². The second kappa shape index (κ2) is 6.96. The molecule has 1 amide bonds. The molecule has 1 saturated heterocycles. The molecule has 1 atom stereocenters. The van der Waals surface area contributed by atoms with Gasteiger partial charge >= 0.3 is 5.63 Å². The van der Waals surface area contributed by atoms with Crippen molar-refractivity contribution in [1.29, 1.82) is 0 Å². The van der Waals surface area contributed by atoms with E-state index in [1.807, 2.05) is 24.3 Å². The van der Waals surface area contributed by atoms with Crippen molar-refractivity contribution < 1.29 is 13.9 Å². The molecule has 2 aliphatic heterocycles. The van der Waals surface area contributed by atoms with Crippen molar-refractivity contribution in [2.24, 2.45) is 0 Å². The van der Waals surface area contributed by atoms with Gasteiger partial charge in [0.1, 0.15) is 17.1 Å². The van der Waals surface area contributed by atoms with E-state index in [4.69, 9.17) is 9.15 Å². The lowest BCUT2D eigenvalue weighted by Gasteiger charge is -2.22. The maximum Gasteiger partial charge on any atom is 0.349 e. The van der Waals surface area contributed by atoms with Gasteiger partial charge in [-0.05, 0) is 50.1 Å². The van der Waals surface area contributed by atoms with Crippen LogP contribution in [0.1, 0.15) is 46.0 Å². The molecule has 0 bridgehead atoms. The zero-order chi connectivity index (χ0) is 18.1. The number of hydrogen-bond donors (Lipinski definition) is 2. The summed E-state index contributed by atoms with van der Waals surface area (Å²) in [7, 11) is 0.